The zero-order valence-electron chi connectivity index (χ0n) is 16.1. The average Bonchev–Trinajstić information content (AvgIpc) is 2.73. The Hall–Kier alpha value is -0.830. The van der Waals surface area contributed by atoms with Crippen molar-refractivity contribution in [3.8, 4) is 0 Å². The Morgan fingerprint density at radius 2 is 2.12 bits per heavy atom. The zero-order valence-corrected chi connectivity index (χ0v) is 18.4. The summed E-state index contributed by atoms with van der Waals surface area (Å²) in [7, 11) is 3.83. The number of nitrogens with one attached hydrogen (secondary N) is 2. The van der Waals surface area contributed by atoms with Crippen molar-refractivity contribution in [2.24, 2.45) is 17.5 Å². The molecule has 0 amide bonds. The van der Waals surface area contributed by atoms with E-state index in [9.17, 15) is 0 Å². The Kier molecular flexibility index (Phi) is 6.75. The van der Waals surface area contributed by atoms with Crippen LogP contribution in [-0.4, -0.2) is 41.5 Å². The Bertz CT molecular complexity index is 623. The number of rotatable bonds is 5. The van der Waals surface area contributed by atoms with Gasteiger partial charge in [0.05, 0.1) is 11.8 Å². The summed E-state index contributed by atoms with van der Waals surface area (Å²) in [5, 5.41) is 11.6. The molecular weight excluding hydrogens is 429 g/mol. The Morgan fingerprint density at radius 1 is 1.40 bits per heavy atom. The van der Waals surface area contributed by atoms with Gasteiger partial charge in [0.2, 0.25) is 0 Å². The van der Waals surface area contributed by atoms with E-state index in [1.165, 1.54) is 30.5 Å². The number of guanidine groups is 1. The van der Waals surface area contributed by atoms with E-state index >= 15 is 0 Å². The van der Waals surface area contributed by atoms with E-state index in [4.69, 9.17) is 4.74 Å². The molecule has 142 valence electrons. The average molecular weight is 461 g/mol. The van der Waals surface area contributed by atoms with Crippen molar-refractivity contribution in [1.82, 2.24) is 20.4 Å². The second-order valence-electron chi connectivity index (χ2n) is 7.16. The summed E-state index contributed by atoms with van der Waals surface area (Å²) < 4.78 is 7.87. The fraction of sp³-hybridized carbons (Fsp3) is 0.778. The first-order chi connectivity index (χ1) is 11.5. The quantitative estimate of drug-likeness (QED) is 0.402. The van der Waals surface area contributed by atoms with Crippen LogP contribution in [0.4, 0.5) is 0 Å². The van der Waals surface area contributed by atoms with Gasteiger partial charge >= 0.3 is 0 Å². The van der Waals surface area contributed by atoms with E-state index in [1.807, 2.05) is 18.8 Å². The molecule has 0 radical (unpaired) electrons. The third kappa shape index (κ3) is 3.67. The highest BCUT2D eigenvalue weighted by atomic mass is 127. The Balaban J connectivity index is 0.00000225. The van der Waals surface area contributed by atoms with E-state index in [2.05, 4.69) is 41.5 Å². The molecule has 0 aliphatic heterocycles. The molecule has 6 nitrogen and oxygen atoms in total. The molecule has 25 heavy (non-hydrogen) atoms. The minimum atomic E-state index is 0. The molecule has 2 aliphatic rings. The molecule has 2 fully saturated rings. The van der Waals surface area contributed by atoms with E-state index in [-0.39, 0.29) is 24.0 Å². The van der Waals surface area contributed by atoms with Crippen LogP contribution in [0.25, 0.3) is 0 Å². The maximum absolute atomic E-state index is 5.93. The normalized spacial score (nSPS) is 24.3. The molecule has 2 aliphatic carbocycles. The molecule has 2 atom stereocenters. The van der Waals surface area contributed by atoms with Crippen LogP contribution in [0.2, 0.25) is 0 Å². The van der Waals surface area contributed by atoms with Gasteiger partial charge in [0.1, 0.15) is 0 Å². The molecule has 0 bridgehead atoms. The number of hydrogen-bond acceptors (Lipinski definition) is 3. The topological polar surface area (TPSA) is 63.5 Å². The molecule has 1 heterocycles. The maximum Gasteiger partial charge on any atom is 0.191 e. The Labute approximate surface area is 168 Å². The van der Waals surface area contributed by atoms with Crippen LogP contribution in [-0.2, 0) is 18.3 Å². The van der Waals surface area contributed by atoms with E-state index in [0.717, 1.165) is 31.2 Å². The maximum atomic E-state index is 5.93. The van der Waals surface area contributed by atoms with Gasteiger partial charge in [-0.3, -0.25) is 9.67 Å². The van der Waals surface area contributed by atoms with Crippen molar-refractivity contribution in [3.05, 3.63) is 17.0 Å². The predicted octanol–water partition coefficient (Wildman–Crippen LogP) is 2.67. The highest BCUT2D eigenvalue weighted by molar-refractivity contribution is 14.0. The van der Waals surface area contributed by atoms with E-state index < -0.39 is 0 Å². The van der Waals surface area contributed by atoms with Crippen LogP contribution in [0.15, 0.2) is 4.99 Å². The van der Waals surface area contributed by atoms with Crippen LogP contribution in [0.5, 0.6) is 0 Å². The summed E-state index contributed by atoms with van der Waals surface area (Å²) in [6.45, 7) is 7.81. The summed E-state index contributed by atoms with van der Waals surface area (Å²) in [6, 6.07) is 0.477. The van der Waals surface area contributed by atoms with Crippen LogP contribution >= 0.6 is 24.0 Å². The van der Waals surface area contributed by atoms with Gasteiger partial charge in [0.15, 0.2) is 5.96 Å². The van der Waals surface area contributed by atoms with E-state index in [0.29, 0.717) is 17.6 Å². The molecule has 1 spiro atoms. The van der Waals surface area contributed by atoms with Crippen molar-refractivity contribution in [1.29, 1.82) is 0 Å². The smallest absolute Gasteiger partial charge is 0.191 e. The second-order valence-corrected chi connectivity index (χ2v) is 7.16. The monoisotopic (exact) mass is 461 g/mol. The highest BCUT2D eigenvalue weighted by Crippen LogP contribution is 2.57. The molecule has 0 saturated heterocycles. The second kappa shape index (κ2) is 8.24. The number of nitrogens with zero attached hydrogens (tertiary/aromatic N) is 3. The molecular formula is C18H32IN5O. The lowest BCUT2D eigenvalue weighted by atomic mass is 9.51. The number of aliphatic imine (C=N–C) groups is 1. The molecule has 3 rings (SSSR count). The summed E-state index contributed by atoms with van der Waals surface area (Å²) in [5.41, 5.74) is 3.87. The van der Waals surface area contributed by atoms with Gasteiger partial charge in [-0.15, -0.1) is 24.0 Å². The minimum Gasteiger partial charge on any atom is -0.378 e. The molecule has 1 aromatic rings. The lowest BCUT2D eigenvalue weighted by molar-refractivity contribution is -0.168. The number of aromatic nitrogens is 2. The molecule has 2 unspecified atom stereocenters. The lowest BCUT2D eigenvalue weighted by Crippen LogP contribution is -2.68. The molecule has 7 heteroatoms. The summed E-state index contributed by atoms with van der Waals surface area (Å²) in [4.78, 5) is 4.41. The molecule has 2 saturated carbocycles. The van der Waals surface area contributed by atoms with Crippen LogP contribution in [0, 0.1) is 19.3 Å². The third-order valence-corrected chi connectivity index (χ3v) is 6.06. The Morgan fingerprint density at radius 3 is 2.60 bits per heavy atom. The van der Waals surface area contributed by atoms with Gasteiger partial charge in [-0.25, -0.2) is 0 Å². The minimum absolute atomic E-state index is 0. The van der Waals surface area contributed by atoms with Crippen molar-refractivity contribution >= 4 is 29.9 Å². The van der Waals surface area contributed by atoms with Crippen LogP contribution < -0.4 is 10.6 Å². The molecule has 0 aromatic carbocycles. The number of halogens is 1. The number of aryl methyl sites for hydroxylation is 2. The molecule has 2 N–H and O–H groups in total. The standard InChI is InChI=1S/C18H31N5O.HI/c1-6-24-16-10-15(18(16)8-7-9-18)21-17(19-4)20-11-14-12(2)22-23(5)13(14)3;/h15-16H,6-11H2,1-5H3,(H2,19,20,21);1H. The van der Waals surface area contributed by atoms with Crippen molar-refractivity contribution < 1.29 is 4.74 Å². The summed E-state index contributed by atoms with van der Waals surface area (Å²) in [5.74, 6) is 0.879. The lowest BCUT2D eigenvalue weighted by Gasteiger charge is -2.61. The van der Waals surface area contributed by atoms with Gasteiger partial charge in [-0.2, -0.15) is 5.10 Å². The van der Waals surface area contributed by atoms with Gasteiger partial charge in [-0.1, -0.05) is 6.42 Å². The van der Waals surface area contributed by atoms with Crippen molar-refractivity contribution in [3.63, 3.8) is 0 Å². The van der Waals surface area contributed by atoms with Gasteiger partial charge in [-0.05, 0) is 40.0 Å². The number of ether oxygens (including phenoxy) is 1. The van der Waals surface area contributed by atoms with Crippen LogP contribution in [0.3, 0.4) is 0 Å². The van der Waals surface area contributed by atoms with Gasteiger partial charge < -0.3 is 15.4 Å². The fourth-order valence-corrected chi connectivity index (χ4v) is 4.25. The largest absolute Gasteiger partial charge is 0.378 e. The first-order valence-corrected chi connectivity index (χ1v) is 9.09. The van der Waals surface area contributed by atoms with E-state index in [1.54, 1.807) is 0 Å². The van der Waals surface area contributed by atoms with Crippen LogP contribution in [0.1, 0.15) is 49.6 Å². The zero-order chi connectivity index (χ0) is 17.3. The fourth-order valence-electron chi connectivity index (χ4n) is 4.25. The third-order valence-electron chi connectivity index (χ3n) is 6.06. The molecule has 1 aromatic heterocycles. The summed E-state index contributed by atoms with van der Waals surface area (Å²) >= 11 is 0. The first-order valence-electron chi connectivity index (χ1n) is 9.09. The highest BCUT2D eigenvalue weighted by Gasteiger charge is 2.59. The number of hydrogen-bond donors (Lipinski definition) is 2. The van der Waals surface area contributed by atoms with Gasteiger partial charge in [0.25, 0.3) is 0 Å². The SMILES string of the molecule is CCOC1CC(NC(=NC)NCc2c(C)nn(C)c2C)C12CCC2.I. The van der Waals surface area contributed by atoms with Gasteiger partial charge in [0, 0.05) is 50.0 Å². The summed E-state index contributed by atoms with van der Waals surface area (Å²) in [6.07, 6.45) is 5.37. The van der Waals surface area contributed by atoms with Crippen molar-refractivity contribution in [2.45, 2.75) is 65.1 Å². The predicted molar refractivity (Wildman–Crippen MR) is 112 cm³/mol. The van der Waals surface area contributed by atoms with Crippen molar-refractivity contribution in [2.75, 3.05) is 13.7 Å². The first kappa shape index (κ1) is 20.5.